The van der Waals surface area contributed by atoms with Crippen molar-refractivity contribution >= 4 is 29.7 Å². The lowest BCUT2D eigenvalue weighted by molar-refractivity contribution is -0.142. The molecule has 3 amide bonds. The van der Waals surface area contributed by atoms with Gasteiger partial charge in [-0.3, -0.25) is 19.2 Å². The number of rotatable bonds is 27. The molecule has 1 aromatic carbocycles. The molecule has 44 heavy (non-hydrogen) atoms. The fourth-order valence-corrected chi connectivity index (χ4v) is 3.20. The summed E-state index contributed by atoms with van der Waals surface area (Å²) < 4.78 is 21.1. The van der Waals surface area contributed by atoms with Gasteiger partial charge in [-0.25, -0.2) is 4.79 Å². The largest absolute Gasteiger partial charge is 0.480 e. The minimum Gasteiger partial charge on any atom is -0.480 e. The number of carbonyl (C=O) groups is 5. The summed E-state index contributed by atoms with van der Waals surface area (Å²) in [5.74, 6) is -2.94. The predicted octanol–water partition coefficient (Wildman–Crippen LogP) is -0.283. The highest BCUT2D eigenvalue weighted by Gasteiger charge is 2.19. The number of hydrogen-bond donors (Lipinski definition) is 6. The van der Waals surface area contributed by atoms with Crippen molar-refractivity contribution in [3.8, 4) is 5.75 Å². The number of nitrogens with one attached hydrogen (secondary N) is 4. The van der Waals surface area contributed by atoms with Gasteiger partial charge in [-0.05, 0) is 37.1 Å². The Morgan fingerprint density at radius 3 is 1.75 bits per heavy atom. The minimum absolute atomic E-state index is 0.0131. The second-order valence-electron chi connectivity index (χ2n) is 9.21. The molecule has 0 fully saturated rings. The summed E-state index contributed by atoms with van der Waals surface area (Å²) in [5, 5.41) is 26.2. The monoisotopic (exact) mass is 628 g/mol. The van der Waals surface area contributed by atoms with Crippen molar-refractivity contribution in [1.29, 1.82) is 0 Å². The van der Waals surface area contributed by atoms with Gasteiger partial charge < -0.3 is 49.9 Å². The fourth-order valence-electron chi connectivity index (χ4n) is 3.20. The summed E-state index contributed by atoms with van der Waals surface area (Å²) in [4.78, 5) is 62.7. The zero-order valence-electron chi connectivity index (χ0n) is 25.0. The number of benzene rings is 1. The zero-order valence-corrected chi connectivity index (χ0v) is 25.0. The maximum atomic E-state index is 12.0. The van der Waals surface area contributed by atoms with Crippen LogP contribution in [0.1, 0.15) is 43.0 Å². The lowest BCUT2D eigenvalue weighted by Gasteiger charge is -2.15. The molecule has 1 atom stereocenters. The molecule has 0 unspecified atom stereocenters. The summed E-state index contributed by atoms with van der Waals surface area (Å²) in [7, 11) is 0. The molecule has 0 saturated heterocycles. The van der Waals surface area contributed by atoms with Gasteiger partial charge in [-0.2, -0.15) is 0 Å². The quantitative estimate of drug-likeness (QED) is 0.0546. The number of carboxylic acid groups (broad SMARTS) is 2. The van der Waals surface area contributed by atoms with Crippen molar-refractivity contribution in [3.63, 3.8) is 0 Å². The Bertz CT molecular complexity index is 993. The molecule has 0 aliphatic heterocycles. The molecule has 248 valence electrons. The van der Waals surface area contributed by atoms with E-state index in [4.69, 9.17) is 28.9 Å². The van der Waals surface area contributed by atoms with E-state index in [2.05, 4.69) is 21.4 Å². The van der Waals surface area contributed by atoms with Gasteiger partial charge in [-0.15, -0.1) is 5.48 Å². The second-order valence-corrected chi connectivity index (χ2v) is 9.21. The molecule has 6 N–H and O–H groups in total. The van der Waals surface area contributed by atoms with Crippen LogP contribution in [-0.4, -0.2) is 118 Å². The van der Waals surface area contributed by atoms with Crippen LogP contribution in [0.2, 0.25) is 0 Å². The number of aromatic carboxylic acids is 1. The molecule has 0 aliphatic rings. The molecule has 0 spiro atoms. The highest BCUT2D eigenvalue weighted by atomic mass is 16.6. The topological polar surface area (TPSA) is 220 Å². The standard InChI is InChI=1S/C28H44N4O12/c1-2-3-10-29-25(34)19-42-17-16-41-14-12-31-26(35)20-43-18-15-40-13-11-30-24(33)9-8-23(28(38)39)32-44-22-6-4-21(5-7-22)27(36)37/h4-7,23,32H,2-3,8-20H2,1H3,(H,29,34)(H,30,33)(H,31,35)(H,36,37)(H,38,39)/t23-/m0/s1. The molecular formula is C28H44N4O12. The molecule has 0 bridgehead atoms. The Morgan fingerprint density at radius 1 is 0.705 bits per heavy atom. The number of carbonyl (C=O) groups excluding carboxylic acids is 3. The fraction of sp³-hybridized carbons (Fsp3) is 0.607. The minimum atomic E-state index is -1.22. The van der Waals surface area contributed by atoms with Gasteiger partial charge in [-0.1, -0.05) is 13.3 Å². The number of aliphatic carboxylic acids is 1. The molecule has 16 nitrogen and oxygen atoms in total. The van der Waals surface area contributed by atoms with Crippen LogP contribution in [0.3, 0.4) is 0 Å². The van der Waals surface area contributed by atoms with Gasteiger partial charge in [0.25, 0.3) is 0 Å². The Kier molecular flexibility index (Phi) is 21.3. The van der Waals surface area contributed by atoms with E-state index < -0.39 is 18.0 Å². The first kappa shape index (κ1) is 38.2. The van der Waals surface area contributed by atoms with Crippen molar-refractivity contribution in [2.75, 3.05) is 72.5 Å². The maximum absolute atomic E-state index is 12.0. The molecular weight excluding hydrogens is 584 g/mol. The number of hydroxylamine groups is 1. The highest BCUT2D eigenvalue weighted by molar-refractivity contribution is 5.87. The molecule has 0 aromatic heterocycles. The number of hydrogen-bond acceptors (Lipinski definition) is 11. The van der Waals surface area contributed by atoms with E-state index in [0.29, 0.717) is 26.3 Å². The number of ether oxygens (including phenoxy) is 4. The van der Waals surface area contributed by atoms with Gasteiger partial charge in [0.2, 0.25) is 17.7 Å². The maximum Gasteiger partial charge on any atom is 0.335 e. The predicted molar refractivity (Wildman–Crippen MR) is 155 cm³/mol. The third-order valence-electron chi connectivity index (χ3n) is 5.58. The van der Waals surface area contributed by atoms with Gasteiger partial charge in [0.1, 0.15) is 25.0 Å². The average molecular weight is 629 g/mol. The summed E-state index contributed by atoms with van der Waals surface area (Å²) in [6, 6.07) is 4.21. The Hall–Kier alpha value is -3.83. The Morgan fingerprint density at radius 2 is 1.23 bits per heavy atom. The number of carboxylic acids is 2. The van der Waals surface area contributed by atoms with Crippen LogP contribution >= 0.6 is 0 Å². The average Bonchev–Trinajstić information content (AvgIpc) is 2.99. The van der Waals surface area contributed by atoms with Crippen molar-refractivity contribution in [2.45, 2.75) is 38.6 Å². The van der Waals surface area contributed by atoms with Gasteiger partial charge in [0.05, 0.1) is 45.2 Å². The third-order valence-corrected chi connectivity index (χ3v) is 5.58. The van der Waals surface area contributed by atoms with Crippen LogP contribution in [0.5, 0.6) is 5.75 Å². The molecule has 1 rings (SSSR count). The summed E-state index contributed by atoms with van der Waals surface area (Å²) >= 11 is 0. The van der Waals surface area contributed by atoms with Crippen molar-refractivity contribution < 1.29 is 58.0 Å². The zero-order chi connectivity index (χ0) is 32.4. The van der Waals surface area contributed by atoms with Crippen LogP contribution in [0.25, 0.3) is 0 Å². The van der Waals surface area contributed by atoms with E-state index in [9.17, 15) is 29.1 Å². The molecule has 0 aliphatic carbocycles. The second kappa shape index (κ2) is 24.6. The van der Waals surface area contributed by atoms with Crippen LogP contribution < -0.4 is 26.3 Å². The van der Waals surface area contributed by atoms with Crippen LogP contribution in [0, 0.1) is 0 Å². The molecule has 16 heteroatoms. The summed E-state index contributed by atoms with van der Waals surface area (Å²) in [6.07, 6.45) is 1.80. The van der Waals surface area contributed by atoms with Crippen molar-refractivity contribution in [2.24, 2.45) is 0 Å². The van der Waals surface area contributed by atoms with Crippen LogP contribution in [0.4, 0.5) is 0 Å². The van der Waals surface area contributed by atoms with Gasteiger partial charge in [0, 0.05) is 26.1 Å². The first-order chi connectivity index (χ1) is 21.2. The third kappa shape index (κ3) is 20.1. The molecule has 0 saturated carbocycles. The lowest BCUT2D eigenvalue weighted by atomic mass is 10.1. The van der Waals surface area contributed by atoms with Gasteiger partial charge in [0.15, 0.2) is 0 Å². The Balaban J connectivity index is 1.97. The van der Waals surface area contributed by atoms with E-state index >= 15 is 0 Å². The normalized spacial score (nSPS) is 11.4. The highest BCUT2D eigenvalue weighted by Crippen LogP contribution is 2.12. The first-order valence-corrected chi connectivity index (χ1v) is 14.3. The van der Waals surface area contributed by atoms with E-state index in [0.717, 1.165) is 12.8 Å². The first-order valence-electron chi connectivity index (χ1n) is 14.3. The lowest BCUT2D eigenvalue weighted by Crippen LogP contribution is -2.40. The summed E-state index contributed by atoms with van der Waals surface area (Å²) in [5.41, 5.74) is 2.42. The van der Waals surface area contributed by atoms with Crippen LogP contribution in [-0.2, 0) is 38.1 Å². The van der Waals surface area contributed by atoms with Crippen LogP contribution in [0.15, 0.2) is 24.3 Å². The van der Waals surface area contributed by atoms with E-state index in [-0.39, 0.29) is 88.1 Å². The van der Waals surface area contributed by atoms with Crippen molar-refractivity contribution in [3.05, 3.63) is 29.8 Å². The van der Waals surface area contributed by atoms with E-state index in [1.54, 1.807) is 0 Å². The molecule has 0 heterocycles. The van der Waals surface area contributed by atoms with Crippen molar-refractivity contribution in [1.82, 2.24) is 21.4 Å². The molecule has 1 aromatic rings. The number of amides is 3. The smallest absolute Gasteiger partial charge is 0.335 e. The summed E-state index contributed by atoms with van der Waals surface area (Å²) in [6.45, 7) is 4.47. The SMILES string of the molecule is CCCCNC(=O)COCCOCCNC(=O)COCCOCCNC(=O)CC[C@H](NOc1ccc(C(=O)O)cc1)C(=O)O. The van der Waals surface area contributed by atoms with Gasteiger partial charge >= 0.3 is 11.9 Å². The molecule has 0 radical (unpaired) electrons. The number of unbranched alkanes of at least 4 members (excludes halogenated alkanes) is 1. The van der Waals surface area contributed by atoms with E-state index in [1.165, 1.54) is 24.3 Å². The van der Waals surface area contributed by atoms with E-state index in [1.807, 2.05) is 6.92 Å². The Labute approximate surface area is 256 Å².